The van der Waals surface area contributed by atoms with Crippen LogP contribution in [0, 0.1) is 0 Å². The molecule has 3 rings (SSSR count). The Balaban J connectivity index is 1.68. The number of carbonyl (C=O) groups excluding carboxylic acids is 2. The third-order valence-electron chi connectivity index (χ3n) is 15.7. The molecule has 12 N–H and O–H groups in total. The van der Waals surface area contributed by atoms with Crippen LogP contribution in [-0.4, -0.2) is 204 Å². The van der Waals surface area contributed by atoms with E-state index in [9.17, 15) is 75.2 Å². The average Bonchev–Trinajstić information content (AvgIpc) is 3.48. The predicted octanol–water partition coefficient (Wildman–Crippen LogP) is 4.93. The van der Waals surface area contributed by atoms with Crippen LogP contribution in [-0.2, 0) is 51.6 Å². The second-order valence-electron chi connectivity index (χ2n) is 22.6. The first-order valence-corrected chi connectivity index (χ1v) is 32.4. The number of aliphatic hydroxyl groups excluding tert-OH is 11. The average molecular weight is 1190 g/mol. The number of unbranched alkanes of at least 4 members (excludes halogenated alkanes) is 28. The molecule has 2 heterocycles. The van der Waals surface area contributed by atoms with E-state index in [0.717, 1.165) is 57.8 Å². The lowest BCUT2D eigenvalue weighted by atomic mass is 9.84. The standard InChI is InChI=1S/C57H107O23P/c1-3-5-7-9-11-13-15-17-19-21-23-25-27-29-31-33-42(60)73-37-39(75-43(61)34-32-30-28-26-24-22-20-18-16-14-12-10-8-6-4-2)38-74-81(71,72)80-55-53(78-56-51(69)46(64)44(62)40(35-58)76-56)49(67)48(66)50(68)54(55)79-57-52(70)47(65)45(63)41(36-59)77-57/h39-41,44-59,62-70H,3-38H2,1-2H3,(H,71,72). The lowest BCUT2D eigenvalue weighted by Crippen LogP contribution is -2.69. The normalized spacial score (nSPS) is 30.9. The first-order valence-electron chi connectivity index (χ1n) is 30.9. The summed E-state index contributed by atoms with van der Waals surface area (Å²) in [7, 11) is -5.63. The number of rotatable bonds is 46. The Bertz CT molecular complexity index is 1610. The number of hydrogen-bond donors (Lipinski definition) is 12. The van der Waals surface area contributed by atoms with Crippen LogP contribution in [0.25, 0.3) is 0 Å². The van der Waals surface area contributed by atoms with Crippen LogP contribution in [0.15, 0.2) is 0 Å². The molecule has 478 valence electrons. The van der Waals surface area contributed by atoms with Crippen LogP contribution in [0.5, 0.6) is 0 Å². The highest BCUT2D eigenvalue weighted by Gasteiger charge is 2.58. The Morgan fingerprint density at radius 2 is 0.741 bits per heavy atom. The fourth-order valence-corrected chi connectivity index (χ4v) is 11.5. The fraction of sp³-hybridized carbons (Fsp3) is 0.965. The van der Waals surface area contributed by atoms with Gasteiger partial charge in [0.15, 0.2) is 18.7 Å². The molecule has 2 aliphatic heterocycles. The van der Waals surface area contributed by atoms with Gasteiger partial charge in [0.2, 0.25) is 0 Å². The van der Waals surface area contributed by atoms with Crippen molar-refractivity contribution in [3.8, 4) is 0 Å². The van der Waals surface area contributed by atoms with E-state index >= 15 is 0 Å². The van der Waals surface area contributed by atoms with Gasteiger partial charge in [0.25, 0.3) is 0 Å². The lowest BCUT2D eigenvalue weighted by molar-refractivity contribution is -0.360. The minimum absolute atomic E-state index is 0.0246. The van der Waals surface area contributed by atoms with E-state index < -0.39 is 150 Å². The predicted molar refractivity (Wildman–Crippen MR) is 296 cm³/mol. The SMILES string of the molecule is CCCCCCCCCCCCCCCCCC(=O)OCC(COP(=O)(O)OC1C(OC2OC(CO)C(O)C(O)C2O)C(O)C(O)C(O)C1OC1OC(CO)C(O)C(O)C1O)OC(=O)CCCCCCCCCCCCCCCCC. The highest BCUT2D eigenvalue weighted by molar-refractivity contribution is 7.47. The lowest BCUT2D eigenvalue weighted by Gasteiger charge is -2.49. The number of phosphoric acid groups is 1. The van der Waals surface area contributed by atoms with Crippen molar-refractivity contribution in [2.75, 3.05) is 26.4 Å². The van der Waals surface area contributed by atoms with Gasteiger partial charge in [0.05, 0.1) is 19.8 Å². The smallest absolute Gasteiger partial charge is 0.462 e. The van der Waals surface area contributed by atoms with Gasteiger partial charge in [0, 0.05) is 12.8 Å². The number of esters is 2. The number of ether oxygens (including phenoxy) is 6. The summed E-state index contributed by atoms with van der Waals surface area (Å²) < 4.78 is 58.2. The summed E-state index contributed by atoms with van der Waals surface area (Å²) in [6.45, 7) is 1.04. The number of hydrogen-bond acceptors (Lipinski definition) is 22. The van der Waals surface area contributed by atoms with Crippen LogP contribution < -0.4 is 0 Å². The second-order valence-corrected chi connectivity index (χ2v) is 24.0. The summed E-state index contributed by atoms with van der Waals surface area (Å²) in [6.07, 6.45) is -0.726. The Morgan fingerprint density at radius 1 is 0.420 bits per heavy atom. The minimum atomic E-state index is -5.63. The quantitative estimate of drug-likeness (QED) is 0.0218. The summed E-state index contributed by atoms with van der Waals surface area (Å²) in [5.41, 5.74) is 0. The van der Waals surface area contributed by atoms with E-state index in [1.165, 1.54) is 122 Å². The van der Waals surface area contributed by atoms with Gasteiger partial charge in [0.1, 0.15) is 92.1 Å². The Morgan fingerprint density at radius 3 is 1.09 bits per heavy atom. The molecule has 81 heavy (non-hydrogen) atoms. The molecule has 0 amide bonds. The van der Waals surface area contributed by atoms with E-state index in [2.05, 4.69) is 13.8 Å². The zero-order valence-corrected chi connectivity index (χ0v) is 49.5. The van der Waals surface area contributed by atoms with Crippen molar-refractivity contribution in [3.63, 3.8) is 0 Å². The number of carbonyl (C=O) groups is 2. The van der Waals surface area contributed by atoms with Crippen molar-refractivity contribution in [3.05, 3.63) is 0 Å². The van der Waals surface area contributed by atoms with Crippen LogP contribution >= 0.6 is 7.82 Å². The van der Waals surface area contributed by atoms with Crippen molar-refractivity contribution in [2.24, 2.45) is 0 Å². The van der Waals surface area contributed by atoms with Crippen LogP contribution in [0.1, 0.15) is 219 Å². The van der Waals surface area contributed by atoms with Gasteiger partial charge in [-0.1, -0.05) is 194 Å². The molecular formula is C57H107O23P. The molecular weight excluding hydrogens is 1080 g/mol. The topological polar surface area (TPSA) is 368 Å². The van der Waals surface area contributed by atoms with Crippen molar-refractivity contribution >= 4 is 19.8 Å². The molecule has 1 aliphatic carbocycles. The van der Waals surface area contributed by atoms with Gasteiger partial charge in [-0.3, -0.25) is 18.6 Å². The Kier molecular flexibility index (Phi) is 38.5. The summed E-state index contributed by atoms with van der Waals surface area (Å²) in [4.78, 5) is 37.6. The third kappa shape index (κ3) is 27.8. The molecule has 0 spiro atoms. The molecule has 1 saturated carbocycles. The van der Waals surface area contributed by atoms with Gasteiger partial charge >= 0.3 is 19.8 Å². The molecule has 16 atom stereocenters. The minimum Gasteiger partial charge on any atom is -0.462 e. The fourth-order valence-electron chi connectivity index (χ4n) is 10.5. The Hall–Kier alpha value is -1.55. The highest BCUT2D eigenvalue weighted by atomic mass is 31.2. The van der Waals surface area contributed by atoms with Gasteiger partial charge in [-0.2, -0.15) is 0 Å². The monoisotopic (exact) mass is 1190 g/mol. The first-order chi connectivity index (χ1) is 38.9. The summed E-state index contributed by atoms with van der Waals surface area (Å²) in [6, 6.07) is 0. The highest BCUT2D eigenvalue weighted by Crippen LogP contribution is 2.49. The zero-order chi connectivity index (χ0) is 59.6. The van der Waals surface area contributed by atoms with Gasteiger partial charge in [-0.25, -0.2) is 4.57 Å². The van der Waals surface area contributed by atoms with E-state index in [0.29, 0.717) is 12.8 Å². The van der Waals surface area contributed by atoms with Gasteiger partial charge in [-0.05, 0) is 12.8 Å². The summed E-state index contributed by atoms with van der Waals surface area (Å²) >= 11 is 0. The number of aliphatic hydroxyl groups is 11. The van der Waals surface area contributed by atoms with E-state index in [-0.39, 0.29) is 12.8 Å². The largest absolute Gasteiger partial charge is 0.472 e. The maximum absolute atomic E-state index is 14.0. The molecule has 0 aromatic carbocycles. The zero-order valence-electron chi connectivity index (χ0n) is 48.6. The van der Waals surface area contributed by atoms with E-state index in [4.69, 9.17) is 37.5 Å². The molecule has 0 aromatic heterocycles. The first kappa shape index (κ1) is 73.7. The molecule has 24 heteroatoms. The second kappa shape index (κ2) is 42.3. The molecule has 23 nitrogen and oxygen atoms in total. The molecule has 2 saturated heterocycles. The van der Waals surface area contributed by atoms with E-state index in [1.54, 1.807) is 0 Å². The Labute approximate surface area is 480 Å². The maximum Gasteiger partial charge on any atom is 0.472 e. The van der Waals surface area contributed by atoms with Crippen LogP contribution in [0.3, 0.4) is 0 Å². The van der Waals surface area contributed by atoms with Crippen molar-refractivity contribution in [1.29, 1.82) is 0 Å². The summed E-state index contributed by atoms with van der Waals surface area (Å²) in [5.74, 6) is -1.32. The molecule has 3 aliphatic rings. The van der Waals surface area contributed by atoms with Crippen molar-refractivity contribution in [1.82, 2.24) is 0 Å². The van der Waals surface area contributed by atoms with Crippen molar-refractivity contribution < 1.29 is 113 Å². The molecule has 16 unspecified atom stereocenters. The number of phosphoric ester groups is 1. The molecule has 0 aromatic rings. The van der Waals surface area contributed by atoms with Crippen LogP contribution in [0.4, 0.5) is 0 Å². The van der Waals surface area contributed by atoms with Crippen LogP contribution in [0.2, 0.25) is 0 Å². The molecule has 0 bridgehead atoms. The molecule has 0 radical (unpaired) electrons. The van der Waals surface area contributed by atoms with Gasteiger partial charge < -0.3 is 89.5 Å². The van der Waals surface area contributed by atoms with Gasteiger partial charge in [-0.15, -0.1) is 0 Å². The van der Waals surface area contributed by atoms with Crippen molar-refractivity contribution in [2.45, 2.75) is 323 Å². The third-order valence-corrected chi connectivity index (χ3v) is 16.7. The summed E-state index contributed by atoms with van der Waals surface area (Å²) in [5, 5.41) is 117. The molecule has 3 fully saturated rings. The maximum atomic E-state index is 14.0. The van der Waals surface area contributed by atoms with E-state index in [1.807, 2.05) is 0 Å².